The summed E-state index contributed by atoms with van der Waals surface area (Å²) in [4.78, 5) is 3.37. The third kappa shape index (κ3) is 4.57. The molecule has 0 heterocycles. The Morgan fingerprint density at radius 2 is 1.93 bits per heavy atom. The summed E-state index contributed by atoms with van der Waals surface area (Å²) < 4.78 is 0. The van der Waals surface area contributed by atoms with Gasteiger partial charge in [-0.25, -0.2) is 0 Å². The van der Waals surface area contributed by atoms with E-state index in [4.69, 9.17) is 5.53 Å². The Balaban J connectivity index is 2.45. The van der Waals surface area contributed by atoms with Crippen LogP contribution in [0.1, 0.15) is 38.2 Å². The van der Waals surface area contributed by atoms with Crippen molar-refractivity contribution in [3.05, 3.63) is 41.4 Å². The van der Waals surface area contributed by atoms with Crippen LogP contribution in [0.2, 0.25) is 0 Å². The molecule has 0 radical (unpaired) electrons. The van der Waals surface area contributed by atoms with Crippen molar-refractivity contribution in [1.29, 1.82) is 0 Å². The molecule has 2 nitrogen and oxygen atoms in total. The molecule has 0 bridgehead atoms. The quantitative estimate of drug-likeness (QED) is 0.293. The topological polar surface area (TPSA) is 36.4 Å². The summed E-state index contributed by atoms with van der Waals surface area (Å²) in [6, 6.07) is 10.1. The molecule has 0 atom stereocenters. The molecule has 0 aliphatic rings. The van der Waals surface area contributed by atoms with Crippen LogP contribution in [0.15, 0.2) is 30.3 Å². The van der Waals surface area contributed by atoms with Crippen molar-refractivity contribution in [3.63, 3.8) is 0 Å². The van der Waals surface area contributed by atoms with Gasteiger partial charge in [0.15, 0.2) is 0 Å². The van der Waals surface area contributed by atoms with E-state index in [1.165, 1.54) is 18.4 Å². The largest absolute Gasteiger partial charge is 0.362 e. The van der Waals surface area contributed by atoms with E-state index in [2.05, 4.69) is 23.8 Å². The molecule has 0 aliphatic carbocycles. The van der Waals surface area contributed by atoms with Crippen molar-refractivity contribution in [2.75, 3.05) is 0 Å². The van der Waals surface area contributed by atoms with Gasteiger partial charge in [0.2, 0.25) is 0 Å². The van der Waals surface area contributed by atoms with E-state index in [-0.39, 0.29) is 0 Å². The van der Waals surface area contributed by atoms with Gasteiger partial charge in [-0.1, -0.05) is 50.1 Å². The smallest absolute Gasteiger partial charge is 0.273 e. The lowest BCUT2D eigenvalue weighted by molar-refractivity contribution is -0.0107. The maximum atomic E-state index is 8.87. The van der Waals surface area contributed by atoms with Crippen molar-refractivity contribution in [2.45, 2.75) is 39.0 Å². The average molecular weight is 202 g/mol. The van der Waals surface area contributed by atoms with Crippen LogP contribution in [0.4, 0.5) is 0 Å². The van der Waals surface area contributed by atoms with Gasteiger partial charge in [0, 0.05) is 6.42 Å². The predicted molar refractivity (Wildman–Crippen MR) is 62.9 cm³/mol. The van der Waals surface area contributed by atoms with Crippen molar-refractivity contribution in [3.8, 4) is 0 Å². The minimum Gasteiger partial charge on any atom is -0.362 e. The van der Waals surface area contributed by atoms with Crippen molar-refractivity contribution >= 4 is 5.71 Å². The molecular formula is C13H18N2. The molecule has 0 saturated carbocycles. The SMILES string of the molecule is CCCCCC(Cc1ccccc1)=[N+]=[N-]. The maximum absolute atomic E-state index is 8.87. The minimum absolute atomic E-state index is 0.765. The van der Waals surface area contributed by atoms with Gasteiger partial charge >= 0.3 is 0 Å². The van der Waals surface area contributed by atoms with E-state index >= 15 is 0 Å². The van der Waals surface area contributed by atoms with Crippen LogP contribution in [0, 0.1) is 0 Å². The fourth-order valence-corrected chi connectivity index (χ4v) is 1.58. The van der Waals surface area contributed by atoms with Gasteiger partial charge < -0.3 is 5.53 Å². The molecule has 0 saturated heterocycles. The van der Waals surface area contributed by atoms with Gasteiger partial charge in [-0.3, -0.25) is 0 Å². The van der Waals surface area contributed by atoms with Crippen LogP contribution < -0.4 is 0 Å². The summed E-state index contributed by atoms with van der Waals surface area (Å²) in [5, 5.41) is 0. The van der Waals surface area contributed by atoms with E-state index in [9.17, 15) is 0 Å². The molecule has 0 aliphatic heterocycles. The molecule has 0 aromatic heterocycles. The Bertz CT molecular complexity index is 324. The second-order valence-corrected chi connectivity index (χ2v) is 3.79. The Hall–Kier alpha value is -1.40. The Kier molecular flexibility index (Phi) is 5.42. The maximum Gasteiger partial charge on any atom is 0.273 e. The molecule has 1 aromatic rings. The van der Waals surface area contributed by atoms with Crippen molar-refractivity contribution in [2.24, 2.45) is 0 Å². The zero-order chi connectivity index (χ0) is 10.9. The number of nitrogens with zero attached hydrogens (tertiary/aromatic N) is 2. The lowest BCUT2D eigenvalue weighted by Gasteiger charge is -1.97. The van der Waals surface area contributed by atoms with E-state index < -0.39 is 0 Å². The van der Waals surface area contributed by atoms with E-state index in [1.807, 2.05) is 18.2 Å². The summed E-state index contributed by atoms with van der Waals surface area (Å²) in [6.07, 6.45) is 5.18. The highest BCUT2D eigenvalue weighted by molar-refractivity contribution is 5.81. The first-order valence-electron chi connectivity index (χ1n) is 5.60. The molecule has 80 valence electrons. The molecule has 1 rings (SSSR count). The molecular weight excluding hydrogens is 184 g/mol. The van der Waals surface area contributed by atoms with Crippen LogP contribution in [-0.2, 0) is 6.42 Å². The first-order valence-corrected chi connectivity index (χ1v) is 5.60. The highest BCUT2D eigenvalue weighted by Crippen LogP contribution is 2.05. The van der Waals surface area contributed by atoms with E-state index in [1.54, 1.807) is 0 Å². The summed E-state index contributed by atoms with van der Waals surface area (Å²) in [6.45, 7) is 2.17. The Labute approximate surface area is 91.6 Å². The van der Waals surface area contributed by atoms with Crippen LogP contribution in [0.25, 0.3) is 5.53 Å². The van der Waals surface area contributed by atoms with Gasteiger partial charge in [-0.05, 0) is 12.0 Å². The molecule has 0 N–H and O–H groups in total. The second-order valence-electron chi connectivity index (χ2n) is 3.79. The number of hydrogen-bond acceptors (Lipinski definition) is 0. The van der Waals surface area contributed by atoms with Crippen LogP contribution in [-0.4, -0.2) is 10.5 Å². The molecule has 2 heteroatoms. The summed E-state index contributed by atoms with van der Waals surface area (Å²) in [5.74, 6) is 0. The minimum atomic E-state index is 0.765. The zero-order valence-electron chi connectivity index (χ0n) is 9.32. The van der Waals surface area contributed by atoms with Gasteiger partial charge in [0.05, 0.1) is 6.42 Å². The molecule has 0 amide bonds. The fourth-order valence-electron chi connectivity index (χ4n) is 1.58. The van der Waals surface area contributed by atoms with Gasteiger partial charge in [-0.2, -0.15) is 4.79 Å². The summed E-state index contributed by atoms with van der Waals surface area (Å²) >= 11 is 0. The highest BCUT2D eigenvalue weighted by Gasteiger charge is 2.08. The lowest BCUT2D eigenvalue weighted by atomic mass is 10.0. The predicted octanol–water partition coefficient (Wildman–Crippen LogP) is 3.48. The summed E-state index contributed by atoms with van der Waals surface area (Å²) in [5.41, 5.74) is 11.0. The third-order valence-electron chi connectivity index (χ3n) is 2.46. The average Bonchev–Trinajstić information content (AvgIpc) is 2.29. The Morgan fingerprint density at radius 1 is 1.20 bits per heavy atom. The van der Waals surface area contributed by atoms with Crippen molar-refractivity contribution in [1.82, 2.24) is 0 Å². The van der Waals surface area contributed by atoms with Gasteiger partial charge in [-0.15, -0.1) is 0 Å². The lowest BCUT2D eigenvalue weighted by Crippen LogP contribution is -2.04. The number of benzene rings is 1. The van der Waals surface area contributed by atoms with Crippen LogP contribution in [0.3, 0.4) is 0 Å². The fraction of sp³-hybridized carbons (Fsp3) is 0.462. The monoisotopic (exact) mass is 202 g/mol. The number of unbranched alkanes of at least 4 members (excludes halogenated alkanes) is 2. The van der Waals surface area contributed by atoms with Crippen molar-refractivity contribution < 1.29 is 4.79 Å². The second kappa shape index (κ2) is 6.97. The first-order chi connectivity index (χ1) is 7.36. The standard InChI is InChI=1S/C13H18N2/c1-2-3-5-10-13(15-14)11-12-8-6-4-7-9-12/h4,6-9H,2-3,5,10-11H2,1H3. The number of rotatable bonds is 6. The normalized spacial score (nSPS) is 9.67. The van der Waals surface area contributed by atoms with Gasteiger partial charge in [0.1, 0.15) is 0 Å². The molecule has 0 spiro atoms. The third-order valence-corrected chi connectivity index (χ3v) is 2.46. The molecule has 0 unspecified atom stereocenters. The Morgan fingerprint density at radius 3 is 2.53 bits per heavy atom. The molecule has 15 heavy (non-hydrogen) atoms. The first kappa shape index (κ1) is 11.7. The van der Waals surface area contributed by atoms with Gasteiger partial charge in [0.25, 0.3) is 5.71 Å². The zero-order valence-corrected chi connectivity index (χ0v) is 9.32. The highest BCUT2D eigenvalue weighted by atomic mass is 14.9. The molecule has 1 aromatic carbocycles. The van der Waals surface area contributed by atoms with E-state index in [0.29, 0.717) is 0 Å². The molecule has 0 fully saturated rings. The van der Waals surface area contributed by atoms with E-state index in [0.717, 1.165) is 25.0 Å². The summed E-state index contributed by atoms with van der Waals surface area (Å²) in [7, 11) is 0. The number of hydrogen-bond donors (Lipinski definition) is 0. The van der Waals surface area contributed by atoms with Crippen LogP contribution >= 0.6 is 0 Å². The van der Waals surface area contributed by atoms with Crippen LogP contribution in [0.5, 0.6) is 0 Å².